The van der Waals surface area contributed by atoms with Gasteiger partial charge >= 0.3 is 6.18 Å². The Balaban J connectivity index is 3.15. The Hall–Kier alpha value is -0.840. The molecule has 0 bridgehead atoms. The van der Waals surface area contributed by atoms with Crippen molar-refractivity contribution >= 4 is 21.7 Å². The first-order chi connectivity index (χ1) is 7.23. The molecule has 0 aliphatic carbocycles. The Morgan fingerprint density at radius 1 is 1.38 bits per heavy atom. The second-order valence-electron chi connectivity index (χ2n) is 3.57. The standard InChI is InChI=1S/C11H10BrF3O/c1-6(7(2)16)9-4-3-8(5-10(9)12)11(13,14)15/h3-6H,1-2H3. The van der Waals surface area contributed by atoms with Crippen LogP contribution in [0, 0.1) is 0 Å². The van der Waals surface area contributed by atoms with Gasteiger partial charge in [0.25, 0.3) is 0 Å². The highest BCUT2D eigenvalue weighted by Crippen LogP contribution is 2.34. The number of hydrogen-bond acceptors (Lipinski definition) is 1. The highest BCUT2D eigenvalue weighted by molar-refractivity contribution is 9.10. The quantitative estimate of drug-likeness (QED) is 0.800. The smallest absolute Gasteiger partial charge is 0.299 e. The van der Waals surface area contributed by atoms with Crippen LogP contribution in [0.1, 0.15) is 30.9 Å². The minimum atomic E-state index is -4.36. The maximum absolute atomic E-state index is 12.4. The van der Waals surface area contributed by atoms with E-state index in [2.05, 4.69) is 15.9 Å². The number of halogens is 4. The molecule has 1 atom stereocenters. The van der Waals surface area contributed by atoms with Gasteiger partial charge in [-0.1, -0.05) is 28.9 Å². The molecule has 0 saturated heterocycles. The van der Waals surface area contributed by atoms with Crippen molar-refractivity contribution in [2.45, 2.75) is 25.9 Å². The van der Waals surface area contributed by atoms with Crippen LogP contribution in [0.15, 0.2) is 22.7 Å². The molecule has 0 saturated carbocycles. The lowest BCUT2D eigenvalue weighted by molar-refractivity contribution is -0.137. The molecule has 1 aromatic carbocycles. The summed E-state index contributed by atoms with van der Waals surface area (Å²) in [6.07, 6.45) is -4.36. The van der Waals surface area contributed by atoms with Crippen LogP contribution in [0.4, 0.5) is 13.2 Å². The van der Waals surface area contributed by atoms with Crippen LogP contribution in [0.5, 0.6) is 0 Å². The van der Waals surface area contributed by atoms with Crippen LogP contribution in [-0.2, 0) is 11.0 Å². The number of carbonyl (C=O) groups excluding carboxylic acids is 1. The molecule has 5 heteroatoms. The molecule has 88 valence electrons. The third-order valence-corrected chi connectivity index (χ3v) is 3.09. The number of ketones is 1. The normalized spacial score (nSPS) is 13.6. The summed E-state index contributed by atoms with van der Waals surface area (Å²) in [6.45, 7) is 3.07. The maximum atomic E-state index is 12.4. The first-order valence-electron chi connectivity index (χ1n) is 4.60. The number of carbonyl (C=O) groups is 1. The van der Waals surface area contributed by atoms with Crippen LogP contribution in [0.25, 0.3) is 0 Å². The van der Waals surface area contributed by atoms with Gasteiger partial charge in [0.05, 0.1) is 5.56 Å². The highest BCUT2D eigenvalue weighted by atomic mass is 79.9. The third-order valence-electron chi connectivity index (χ3n) is 2.40. The van der Waals surface area contributed by atoms with Crippen LogP contribution < -0.4 is 0 Å². The van der Waals surface area contributed by atoms with E-state index in [9.17, 15) is 18.0 Å². The van der Waals surface area contributed by atoms with Crippen molar-refractivity contribution in [2.24, 2.45) is 0 Å². The van der Waals surface area contributed by atoms with Crippen LogP contribution in [0.3, 0.4) is 0 Å². The van der Waals surface area contributed by atoms with Gasteiger partial charge in [0.15, 0.2) is 0 Å². The molecule has 0 aliphatic heterocycles. The van der Waals surface area contributed by atoms with Gasteiger partial charge in [0.2, 0.25) is 0 Å². The molecular formula is C11H10BrF3O. The second kappa shape index (κ2) is 4.57. The number of Topliss-reactive ketones (excluding diaryl/α,β-unsaturated/α-hetero) is 1. The fraction of sp³-hybridized carbons (Fsp3) is 0.364. The lowest BCUT2D eigenvalue weighted by atomic mass is 9.96. The number of benzene rings is 1. The Bertz CT molecular complexity index is 412. The van der Waals surface area contributed by atoms with E-state index < -0.39 is 17.7 Å². The number of rotatable bonds is 2. The van der Waals surface area contributed by atoms with Gasteiger partial charge in [-0.15, -0.1) is 0 Å². The van der Waals surface area contributed by atoms with Gasteiger partial charge in [-0.2, -0.15) is 13.2 Å². The first kappa shape index (κ1) is 13.2. The molecule has 16 heavy (non-hydrogen) atoms. The van der Waals surface area contributed by atoms with Crippen LogP contribution in [-0.4, -0.2) is 5.78 Å². The summed E-state index contributed by atoms with van der Waals surface area (Å²) in [5.41, 5.74) is -0.153. The fourth-order valence-corrected chi connectivity index (χ4v) is 2.00. The monoisotopic (exact) mass is 294 g/mol. The van der Waals surface area contributed by atoms with Gasteiger partial charge in [-0.25, -0.2) is 0 Å². The molecular weight excluding hydrogens is 285 g/mol. The zero-order chi connectivity index (χ0) is 12.5. The van der Waals surface area contributed by atoms with E-state index in [4.69, 9.17) is 0 Å². The minimum absolute atomic E-state index is 0.0829. The number of hydrogen-bond donors (Lipinski definition) is 0. The van der Waals surface area contributed by atoms with Gasteiger partial charge in [-0.3, -0.25) is 4.79 Å². The summed E-state index contributed by atoms with van der Waals surface area (Å²) in [5, 5.41) is 0. The van der Waals surface area contributed by atoms with Gasteiger partial charge in [-0.05, 0) is 24.6 Å². The third kappa shape index (κ3) is 2.84. The van der Waals surface area contributed by atoms with Crippen molar-refractivity contribution in [1.82, 2.24) is 0 Å². The molecule has 0 aromatic heterocycles. The molecule has 1 unspecified atom stereocenters. The molecule has 1 aromatic rings. The predicted molar refractivity (Wildman–Crippen MR) is 58.2 cm³/mol. The number of alkyl halides is 3. The molecule has 0 fully saturated rings. The topological polar surface area (TPSA) is 17.1 Å². The molecule has 1 rings (SSSR count). The Labute approximate surface area is 99.8 Å². The predicted octanol–water partition coefficient (Wildman–Crippen LogP) is 4.16. The molecule has 0 spiro atoms. The average molecular weight is 295 g/mol. The minimum Gasteiger partial charge on any atom is -0.299 e. The summed E-state index contributed by atoms with van der Waals surface area (Å²) in [6, 6.07) is 3.31. The molecule has 0 radical (unpaired) electrons. The van der Waals surface area contributed by atoms with E-state index in [1.807, 2.05) is 0 Å². The van der Waals surface area contributed by atoms with Crippen molar-refractivity contribution in [3.8, 4) is 0 Å². The van der Waals surface area contributed by atoms with Crippen molar-refractivity contribution in [3.63, 3.8) is 0 Å². The van der Waals surface area contributed by atoms with E-state index in [-0.39, 0.29) is 5.78 Å². The highest BCUT2D eigenvalue weighted by Gasteiger charge is 2.31. The molecule has 0 N–H and O–H groups in total. The van der Waals surface area contributed by atoms with E-state index in [1.54, 1.807) is 6.92 Å². The summed E-state index contributed by atoms with van der Waals surface area (Å²) in [5.74, 6) is -0.489. The zero-order valence-electron chi connectivity index (χ0n) is 8.73. The van der Waals surface area contributed by atoms with Gasteiger partial charge in [0, 0.05) is 10.4 Å². The second-order valence-corrected chi connectivity index (χ2v) is 4.42. The lowest BCUT2D eigenvalue weighted by Crippen LogP contribution is -2.08. The van der Waals surface area contributed by atoms with E-state index >= 15 is 0 Å². The molecule has 0 amide bonds. The van der Waals surface area contributed by atoms with E-state index in [0.717, 1.165) is 12.1 Å². The van der Waals surface area contributed by atoms with E-state index in [0.29, 0.717) is 10.0 Å². The summed E-state index contributed by atoms with van der Waals surface area (Å²) < 4.78 is 37.4. The Morgan fingerprint density at radius 2 is 1.94 bits per heavy atom. The fourth-order valence-electron chi connectivity index (χ4n) is 1.27. The van der Waals surface area contributed by atoms with Gasteiger partial charge in [0.1, 0.15) is 5.78 Å². The Kier molecular flexibility index (Phi) is 3.78. The van der Waals surface area contributed by atoms with Gasteiger partial charge < -0.3 is 0 Å². The maximum Gasteiger partial charge on any atom is 0.416 e. The van der Waals surface area contributed by atoms with Crippen molar-refractivity contribution in [1.29, 1.82) is 0 Å². The molecule has 1 nitrogen and oxygen atoms in total. The summed E-state index contributed by atoms with van der Waals surface area (Å²) in [7, 11) is 0. The van der Waals surface area contributed by atoms with Crippen LogP contribution in [0.2, 0.25) is 0 Å². The van der Waals surface area contributed by atoms with Crippen molar-refractivity contribution in [2.75, 3.05) is 0 Å². The summed E-state index contributed by atoms with van der Waals surface area (Å²) >= 11 is 3.06. The average Bonchev–Trinajstić information content (AvgIpc) is 2.15. The Morgan fingerprint density at radius 3 is 2.31 bits per heavy atom. The van der Waals surface area contributed by atoms with Crippen molar-refractivity contribution < 1.29 is 18.0 Å². The molecule has 0 heterocycles. The SMILES string of the molecule is CC(=O)C(C)c1ccc(C(F)(F)F)cc1Br. The summed E-state index contributed by atoms with van der Waals surface area (Å²) in [4.78, 5) is 11.1. The lowest BCUT2D eigenvalue weighted by Gasteiger charge is -2.13. The zero-order valence-corrected chi connectivity index (χ0v) is 10.3. The largest absolute Gasteiger partial charge is 0.416 e. The van der Waals surface area contributed by atoms with Crippen LogP contribution >= 0.6 is 15.9 Å². The van der Waals surface area contributed by atoms with Crippen molar-refractivity contribution in [3.05, 3.63) is 33.8 Å². The molecule has 0 aliphatic rings. The first-order valence-corrected chi connectivity index (χ1v) is 5.40. The van der Waals surface area contributed by atoms with E-state index in [1.165, 1.54) is 13.0 Å².